The van der Waals surface area contributed by atoms with E-state index >= 15 is 0 Å². The third-order valence-corrected chi connectivity index (χ3v) is 1.71. The van der Waals surface area contributed by atoms with Crippen molar-refractivity contribution in [1.82, 2.24) is 5.32 Å². The molecule has 0 radical (unpaired) electrons. The molecule has 0 aromatic heterocycles. The summed E-state index contributed by atoms with van der Waals surface area (Å²) in [6, 6.07) is 0.479. The summed E-state index contributed by atoms with van der Waals surface area (Å²) in [6.45, 7) is 5.80. The number of nitrogens with one attached hydrogen (secondary N) is 1. The predicted molar refractivity (Wildman–Crippen MR) is 45.9 cm³/mol. The first-order valence-electron chi connectivity index (χ1n) is 3.81. The Morgan fingerprint density at radius 3 is 2.60 bits per heavy atom. The molecule has 0 rings (SSSR count). The number of hydrogen-bond donors (Lipinski definition) is 2. The van der Waals surface area contributed by atoms with Crippen LogP contribution in [0.2, 0.25) is 0 Å². The molecule has 0 saturated carbocycles. The molecule has 2 atom stereocenters. The van der Waals surface area contributed by atoms with Gasteiger partial charge in [-0.3, -0.25) is 0 Å². The highest BCUT2D eigenvalue weighted by atomic mass is 14.9. The first-order valence-corrected chi connectivity index (χ1v) is 3.81. The molecular formula is C8H18N2. The van der Waals surface area contributed by atoms with E-state index in [4.69, 9.17) is 5.73 Å². The Labute approximate surface area is 63.5 Å². The Morgan fingerprint density at radius 1 is 1.70 bits per heavy atom. The van der Waals surface area contributed by atoms with Gasteiger partial charge >= 0.3 is 0 Å². The molecular weight excluding hydrogens is 124 g/mol. The van der Waals surface area contributed by atoms with Gasteiger partial charge in [-0.25, -0.2) is 0 Å². The van der Waals surface area contributed by atoms with E-state index in [9.17, 15) is 0 Å². The third kappa shape index (κ3) is 2.99. The summed E-state index contributed by atoms with van der Waals surface area (Å²) in [6.07, 6.45) is 4.06. The van der Waals surface area contributed by atoms with Crippen molar-refractivity contribution in [2.75, 3.05) is 7.05 Å². The van der Waals surface area contributed by atoms with Crippen molar-refractivity contribution in [2.45, 2.75) is 31.8 Å². The van der Waals surface area contributed by atoms with E-state index in [-0.39, 0.29) is 6.04 Å². The van der Waals surface area contributed by atoms with Gasteiger partial charge in [0.15, 0.2) is 0 Å². The Morgan fingerprint density at radius 2 is 2.30 bits per heavy atom. The van der Waals surface area contributed by atoms with Crippen LogP contribution >= 0.6 is 0 Å². The van der Waals surface area contributed by atoms with Crippen LogP contribution < -0.4 is 11.1 Å². The number of nitrogens with two attached hydrogens (primary N) is 1. The minimum atomic E-state index is 0.0879. The molecule has 2 heteroatoms. The molecule has 0 aliphatic carbocycles. The first kappa shape index (κ1) is 9.66. The van der Waals surface area contributed by atoms with Crippen molar-refractivity contribution in [2.24, 2.45) is 5.73 Å². The summed E-state index contributed by atoms with van der Waals surface area (Å²) < 4.78 is 0. The summed E-state index contributed by atoms with van der Waals surface area (Å²) >= 11 is 0. The SMILES string of the molecule is C=C[C@@H](N)C(CCC)NC. The molecule has 0 saturated heterocycles. The van der Waals surface area contributed by atoms with E-state index in [2.05, 4.69) is 18.8 Å². The average Bonchev–Trinajstić information content (AvgIpc) is 1.99. The molecule has 0 heterocycles. The monoisotopic (exact) mass is 142 g/mol. The highest BCUT2D eigenvalue weighted by Gasteiger charge is 2.09. The molecule has 0 amide bonds. The highest BCUT2D eigenvalue weighted by molar-refractivity contribution is 4.91. The molecule has 0 aliphatic rings. The van der Waals surface area contributed by atoms with E-state index in [0.717, 1.165) is 12.8 Å². The largest absolute Gasteiger partial charge is 0.323 e. The quantitative estimate of drug-likeness (QED) is 0.559. The normalized spacial score (nSPS) is 16.3. The fraction of sp³-hybridized carbons (Fsp3) is 0.750. The molecule has 0 spiro atoms. The van der Waals surface area contributed by atoms with Gasteiger partial charge < -0.3 is 11.1 Å². The van der Waals surface area contributed by atoms with Crippen molar-refractivity contribution in [3.05, 3.63) is 12.7 Å². The Balaban J connectivity index is 3.67. The lowest BCUT2D eigenvalue weighted by Gasteiger charge is -2.19. The fourth-order valence-corrected chi connectivity index (χ4v) is 1.00. The first-order chi connectivity index (χ1) is 4.76. The molecule has 1 unspecified atom stereocenters. The van der Waals surface area contributed by atoms with Crippen LogP contribution in [0.3, 0.4) is 0 Å². The second-order valence-electron chi connectivity index (χ2n) is 2.50. The smallest absolute Gasteiger partial charge is 0.0377 e. The van der Waals surface area contributed by atoms with Crippen molar-refractivity contribution in [3.63, 3.8) is 0 Å². The van der Waals surface area contributed by atoms with E-state index in [1.807, 2.05) is 7.05 Å². The van der Waals surface area contributed by atoms with Crippen LogP contribution in [0.1, 0.15) is 19.8 Å². The predicted octanol–water partition coefficient (Wildman–Crippen LogP) is 0.888. The summed E-state index contributed by atoms with van der Waals surface area (Å²) in [7, 11) is 1.93. The maximum Gasteiger partial charge on any atom is 0.0377 e. The van der Waals surface area contributed by atoms with Gasteiger partial charge in [0.1, 0.15) is 0 Å². The lowest BCUT2D eigenvalue weighted by atomic mass is 10.0. The van der Waals surface area contributed by atoms with Crippen LogP contribution in [0.25, 0.3) is 0 Å². The molecule has 0 bridgehead atoms. The van der Waals surface area contributed by atoms with Crippen LogP contribution in [0.5, 0.6) is 0 Å². The third-order valence-electron chi connectivity index (χ3n) is 1.71. The Bertz CT molecular complexity index is 91.3. The minimum Gasteiger partial charge on any atom is -0.323 e. The molecule has 3 N–H and O–H groups in total. The van der Waals surface area contributed by atoms with Crippen LogP contribution in [0.4, 0.5) is 0 Å². The zero-order chi connectivity index (χ0) is 7.98. The number of hydrogen-bond acceptors (Lipinski definition) is 2. The fourth-order valence-electron chi connectivity index (χ4n) is 1.00. The van der Waals surface area contributed by atoms with E-state index in [0.29, 0.717) is 6.04 Å². The van der Waals surface area contributed by atoms with Crippen molar-refractivity contribution in [3.8, 4) is 0 Å². The number of likely N-dealkylation sites (N-methyl/N-ethyl adjacent to an activating group) is 1. The summed E-state index contributed by atoms with van der Waals surface area (Å²) in [5, 5.41) is 3.16. The Kier molecular flexibility index (Phi) is 5.26. The molecule has 0 aromatic rings. The topological polar surface area (TPSA) is 38.0 Å². The van der Waals surface area contributed by atoms with Gasteiger partial charge in [-0.2, -0.15) is 0 Å². The summed E-state index contributed by atoms with van der Waals surface area (Å²) in [4.78, 5) is 0. The van der Waals surface area contributed by atoms with Crippen LogP contribution in [-0.4, -0.2) is 19.1 Å². The van der Waals surface area contributed by atoms with Crippen molar-refractivity contribution in [1.29, 1.82) is 0 Å². The molecule has 10 heavy (non-hydrogen) atoms. The van der Waals surface area contributed by atoms with Crippen LogP contribution in [0, 0.1) is 0 Å². The van der Waals surface area contributed by atoms with Crippen LogP contribution in [0.15, 0.2) is 12.7 Å². The molecule has 60 valence electrons. The molecule has 0 fully saturated rings. The van der Waals surface area contributed by atoms with Gasteiger partial charge in [0.25, 0.3) is 0 Å². The van der Waals surface area contributed by atoms with Gasteiger partial charge in [-0.05, 0) is 13.5 Å². The average molecular weight is 142 g/mol. The maximum absolute atomic E-state index is 5.73. The maximum atomic E-state index is 5.73. The summed E-state index contributed by atoms with van der Waals surface area (Å²) in [5.41, 5.74) is 5.73. The van der Waals surface area contributed by atoms with Gasteiger partial charge in [0, 0.05) is 12.1 Å². The van der Waals surface area contributed by atoms with Gasteiger partial charge in [0.05, 0.1) is 0 Å². The van der Waals surface area contributed by atoms with Crippen LogP contribution in [-0.2, 0) is 0 Å². The summed E-state index contributed by atoms with van der Waals surface area (Å²) in [5.74, 6) is 0. The number of rotatable bonds is 5. The Hall–Kier alpha value is -0.340. The molecule has 0 aliphatic heterocycles. The molecule has 2 nitrogen and oxygen atoms in total. The van der Waals surface area contributed by atoms with Crippen molar-refractivity contribution >= 4 is 0 Å². The van der Waals surface area contributed by atoms with Crippen molar-refractivity contribution < 1.29 is 0 Å². The van der Waals surface area contributed by atoms with E-state index in [1.54, 1.807) is 6.08 Å². The highest BCUT2D eigenvalue weighted by Crippen LogP contribution is 1.99. The zero-order valence-electron chi connectivity index (χ0n) is 6.93. The zero-order valence-corrected chi connectivity index (χ0v) is 6.93. The standard InChI is InChI=1S/C8H18N2/c1-4-6-8(10-3)7(9)5-2/h5,7-8,10H,2,4,6,9H2,1,3H3/t7-,8?/m1/s1. The lowest BCUT2D eigenvalue weighted by Crippen LogP contribution is -2.41. The second-order valence-corrected chi connectivity index (χ2v) is 2.50. The lowest BCUT2D eigenvalue weighted by molar-refractivity contribution is 0.474. The van der Waals surface area contributed by atoms with Gasteiger partial charge in [-0.15, -0.1) is 6.58 Å². The van der Waals surface area contributed by atoms with Gasteiger partial charge in [-0.1, -0.05) is 19.4 Å². The van der Waals surface area contributed by atoms with Gasteiger partial charge in [0.2, 0.25) is 0 Å². The minimum absolute atomic E-state index is 0.0879. The molecule has 0 aromatic carbocycles. The van der Waals surface area contributed by atoms with E-state index in [1.165, 1.54) is 0 Å². The second kappa shape index (κ2) is 5.45. The van der Waals surface area contributed by atoms with E-state index < -0.39 is 0 Å².